The van der Waals surface area contributed by atoms with Crippen LogP contribution in [-0.2, 0) is 14.3 Å². The van der Waals surface area contributed by atoms with E-state index < -0.39 is 0 Å². The van der Waals surface area contributed by atoms with Crippen LogP contribution < -0.4 is 0 Å². The number of piperidine rings is 1. The highest BCUT2D eigenvalue weighted by molar-refractivity contribution is 5.81. The molecule has 2 aliphatic heterocycles. The van der Waals surface area contributed by atoms with Crippen LogP contribution in [0, 0.1) is 12.8 Å². The molecule has 0 N–H and O–H groups in total. The van der Waals surface area contributed by atoms with Gasteiger partial charge >= 0.3 is 0 Å². The zero-order valence-corrected chi connectivity index (χ0v) is 15.7. The van der Waals surface area contributed by atoms with Crippen molar-refractivity contribution < 1.29 is 14.3 Å². The van der Waals surface area contributed by atoms with Gasteiger partial charge in [-0.1, -0.05) is 13.8 Å². The van der Waals surface area contributed by atoms with E-state index in [1.807, 2.05) is 22.7 Å². The Bertz CT molecular complexity index is 566. The van der Waals surface area contributed by atoms with Crippen LogP contribution in [0.25, 0.3) is 0 Å². The van der Waals surface area contributed by atoms with Crippen LogP contribution in [0.1, 0.15) is 51.1 Å². The lowest BCUT2D eigenvalue weighted by molar-refractivity contribution is -0.151. The normalized spacial score (nSPS) is 25.5. The molecule has 2 fully saturated rings. The third kappa shape index (κ3) is 4.61. The van der Waals surface area contributed by atoms with Crippen molar-refractivity contribution in [3.05, 3.63) is 18.0 Å². The summed E-state index contributed by atoms with van der Waals surface area (Å²) in [5.74, 6) is 0.266. The van der Waals surface area contributed by atoms with Gasteiger partial charge in [0.25, 0.3) is 5.91 Å². The summed E-state index contributed by atoms with van der Waals surface area (Å²) in [4.78, 5) is 15.0. The first-order valence-electron chi connectivity index (χ1n) is 9.57. The number of hydrogen-bond donors (Lipinski definition) is 0. The standard InChI is InChI=1S/C19H31N3O3/c1-14(2)18(25-13-17-7-5-9-24-17)19(23)21-8-4-6-16(12-21)22-11-15(3)10-20-22/h10-11,14,16-18H,4-9,12-13H2,1-3H3. The van der Waals surface area contributed by atoms with E-state index in [4.69, 9.17) is 9.47 Å². The summed E-state index contributed by atoms with van der Waals surface area (Å²) in [6.07, 6.45) is 7.89. The second-order valence-corrected chi connectivity index (χ2v) is 7.71. The molecule has 0 bridgehead atoms. The molecule has 1 aromatic heterocycles. The van der Waals surface area contributed by atoms with Gasteiger partial charge in [0, 0.05) is 25.9 Å². The van der Waals surface area contributed by atoms with Crippen LogP contribution in [0.5, 0.6) is 0 Å². The van der Waals surface area contributed by atoms with Crippen molar-refractivity contribution in [3.8, 4) is 0 Å². The van der Waals surface area contributed by atoms with Crippen molar-refractivity contribution in [1.29, 1.82) is 0 Å². The van der Waals surface area contributed by atoms with E-state index >= 15 is 0 Å². The van der Waals surface area contributed by atoms with Crippen molar-refractivity contribution in [2.75, 3.05) is 26.3 Å². The summed E-state index contributed by atoms with van der Waals surface area (Å²) in [5.41, 5.74) is 1.16. The van der Waals surface area contributed by atoms with E-state index in [9.17, 15) is 4.79 Å². The minimum atomic E-state index is -0.387. The Hall–Kier alpha value is -1.40. The second kappa shape index (κ2) is 8.32. The van der Waals surface area contributed by atoms with Crippen molar-refractivity contribution in [2.24, 2.45) is 5.92 Å². The number of aryl methyl sites for hydroxylation is 1. The Morgan fingerprint density at radius 3 is 2.88 bits per heavy atom. The Morgan fingerprint density at radius 1 is 1.40 bits per heavy atom. The summed E-state index contributed by atoms with van der Waals surface area (Å²) >= 11 is 0. The molecule has 1 amide bonds. The van der Waals surface area contributed by atoms with Gasteiger partial charge in [0.05, 0.1) is 24.9 Å². The number of carbonyl (C=O) groups excluding carboxylic acids is 1. The third-order valence-corrected chi connectivity index (χ3v) is 5.15. The largest absolute Gasteiger partial charge is 0.376 e. The SMILES string of the molecule is Cc1cnn(C2CCCN(C(=O)C(OCC3CCCO3)C(C)C)C2)c1. The molecule has 6 heteroatoms. The molecule has 3 atom stereocenters. The fraction of sp³-hybridized carbons (Fsp3) is 0.789. The zero-order chi connectivity index (χ0) is 17.8. The van der Waals surface area contributed by atoms with Crippen LogP contribution >= 0.6 is 0 Å². The van der Waals surface area contributed by atoms with Gasteiger partial charge in [-0.05, 0) is 44.1 Å². The number of hydrogen-bond acceptors (Lipinski definition) is 4. The highest BCUT2D eigenvalue weighted by Gasteiger charge is 2.33. The van der Waals surface area contributed by atoms with Crippen molar-refractivity contribution in [1.82, 2.24) is 14.7 Å². The molecule has 3 heterocycles. The molecule has 0 radical (unpaired) electrons. The minimum absolute atomic E-state index is 0.113. The number of aromatic nitrogens is 2. The van der Waals surface area contributed by atoms with Gasteiger partial charge in [-0.25, -0.2) is 0 Å². The Balaban J connectivity index is 1.60. The molecule has 140 valence electrons. The van der Waals surface area contributed by atoms with Crippen LogP contribution in [0.15, 0.2) is 12.4 Å². The maximum absolute atomic E-state index is 13.1. The predicted molar refractivity (Wildman–Crippen MR) is 95.4 cm³/mol. The number of likely N-dealkylation sites (tertiary alicyclic amines) is 1. The van der Waals surface area contributed by atoms with Gasteiger partial charge in [0.1, 0.15) is 6.10 Å². The molecule has 0 spiro atoms. The monoisotopic (exact) mass is 349 g/mol. The third-order valence-electron chi connectivity index (χ3n) is 5.15. The lowest BCUT2D eigenvalue weighted by atomic mass is 10.0. The summed E-state index contributed by atoms with van der Waals surface area (Å²) in [7, 11) is 0. The number of amides is 1. The van der Waals surface area contributed by atoms with E-state index in [0.29, 0.717) is 13.2 Å². The molecule has 2 aliphatic rings. The zero-order valence-electron chi connectivity index (χ0n) is 15.7. The Morgan fingerprint density at radius 2 is 2.24 bits per heavy atom. The first kappa shape index (κ1) is 18.4. The molecule has 0 aromatic carbocycles. The molecule has 1 aromatic rings. The summed E-state index contributed by atoms with van der Waals surface area (Å²) in [6.45, 7) is 9.00. The lowest BCUT2D eigenvalue weighted by Gasteiger charge is -2.36. The van der Waals surface area contributed by atoms with Crippen LogP contribution in [0.4, 0.5) is 0 Å². The van der Waals surface area contributed by atoms with Crippen molar-refractivity contribution in [2.45, 2.75) is 64.7 Å². The van der Waals surface area contributed by atoms with Crippen molar-refractivity contribution >= 4 is 5.91 Å². The average molecular weight is 349 g/mol. The summed E-state index contributed by atoms with van der Waals surface area (Å²) in [6, 6.07) is 0.261. The van der Waals surface area contributed by atoms with E-state index in [0.717, 1.165) is 44.4 Å². The highest BCUT2D eigenvalue weighted by atomic mass is 16.5. The fourth-order valence-electron chi connectivity index (χ4n) is 3.72. The lowest BCUT2D eigenvalue weighted by Crippen LogP contribution is -2.48. The molecule has 25 heavy (non-hydrogen) atoms. The van der Waals surface area contributed by atoms with E-state index in [1.54, 1.807) is 0 Å². The maximum atomic E-state index is 13.1. The smallest absolute Gasteiger partial charge is 0.252 e. The number of nitrogens with zero attached hydrogens (tertiary/aromatic N) is 3. The molecular weight excluding hydrogens is 318 g/mol. The van der Waals surface area contributed by atoms with Gasteiger partial charge < -0.3 is 14.4 Å². The summed E-state index contributed by atoms with van der Waals surface area (Å²) < 4.78 is 13.6. The number of rotatable bonds is 6. The molecule has 0 aliphatic carbocycles. The van der Waals surface area contributed by atoms with E-state index in [-0.39, 0.29) is 30.1 Å². The van der Waals surface area contributed by atoms with Crippen molar-refractivity contribution in [3.63, 3.8) is 0 Å². The molecule has 0 saturated carbocycles. The first-order chi connectivity index (χ1) is 12.0. The van der Waals surface area contributed by atoms with E-state index in [2.05, 4.69) is 25.1 Å². The minimum Gasteiger partial charge on any atom is -0.376 e. The quantitative estimate of drug-likeness (QED) is 0.792. The van der Waals surface area contributed by atoms with E-state index in [1.165, 1.54) is 0 Å². The molecular formula is C19H31N3O3. The maximum Gasteiger partial charge on any atom is 0.252 e. The van der Waals surface area contributed by atoms with Crippen LogP contribution in [-0.4, -0.2) is 59.1 Å². The molecule has 2 saturated heterocycles. The van der Waals surface area contributed by atoms with Gasteiger partial charge in [-0.3, -0.25) is 9.48 Å². The Kier molecular flexibility index (Phi) is 6.12. The molecule has 3 rings (SSSR count). The fourth-order valence-corrected chi connectivity index (χ4v) is 3.72. The van der Waals surface area contributed by atoms with Gasteiger partial charge in [0.15, 0.2) is 0 Å². The summed E-state index contributed by atoms with van der Waals surface area (Å²) in [5, 5.41) is 4.43. The number of carbonyl (C=O) groups is 1. The topological polar surface area (TPSA) is 56.6 Å². The second-order valence-electron chi connectivity index (χ2n) is 7.71. The average Bonchev–Trinajstić information content (AvgIpc) is 3.26. The first-order valence-corrected chi connectivity index (χ1v) is 9.57. The highest BCUT2D eigenvalue weighted by Crippen LogP contribution is 2.24. The van der Waals surface area contributed by atoms with Crippen LogP contribution in [0.2, 0.25) is 0 Å². The van der Waals surface area contributed by atoms with Crippen LogP contribution in [0.3, 0.4) is 0 Å². The number of ether oxygens (including phenoxy) is 2. The van der Waals surface area contributed by atoms with Gasteiger partial charge in [0.2, 0.25) is 0 Å². The van der Waals surface area contributed by atoms with Gasteiger partial charge in [-0.15, -0.1) is 0 Å². The Labute approximate surface area is 150 Å². The van der Waals surface area contributed by atoms with Gasteiger partial charge in [-0.2, -0.15) is 5.10 Å². The predicted octanol–water partition coefficient (Wildman–Crippen LogP) is 2.58. The molecule has 6 nitrogen and oxygen atoms in total. The molecule has 3 unspecified atom stereocenters.